The van der Waals surface area contributed by atoms with Crippen molar-refractivity contribution in [3.05, 3.63) is 65.5 Å². The number of hydrogen-bond acceptors (Lipinski definition) is 3. The highest BCUT2D eigenvalue weighted by Crippen LogP contribution is 2.39. The predicted molar refractivity (Wildman–Crippen MR) is 101 cm³/mol. The number of guanidine groups is 1. The number of carbonyl (C=O) groups excluding carboxylic acids is 1. The van der Waals surface area contributed by atoms with E-state index in [1.165, 1.54) is 25.3 Å². The Morgan fingerprint density at radius 1 is 1.15 bits per heavy atom. The number of halogens is 1. The fourth-order valence-electron chi connectivity index (χ4n) is 2.91. The second-order valence-electron chi connectivity index (χ2n) is 5.69. The van der Waals surface area contributed by atoms with Crippen molar-refractivity contribution in [3.8, 4) is 22.9 Å². The van der Waals surface area contributed by atoms with Gasteiger partial charge in [-0.2, -0.15) is 10.3 Å². The molecule has 0 atom stereocenters. The molecule has 4 N–H and O–H groups in total. The van der Waals surface area contributed by atoms with Crippen LogP contribution in [-0.2, 0) is 0 Å². The summed E-state index contributed by atoms with van der Waals surface area (Å²) < 4.78 is 20.0. The van der Waals surface area contributed by atoms with Crippen molar-refractivity contribution >= 4 is 22.6 Å². The molecule has 3 aromatic rings. The molecule has 0 bridgehead atoms. The first-order valence-corrected chi connectivity index (χ1v) is 7.90. The van der Waals surface area contributed by atoms with Crippen molar-refractivity contribution in [3.63, 3.8) is 0 Å². The number of nitrogens with zero attached hydrogens (tertiary/aromatic N) is 2. The van der Waals surface area contributed by atoms with Gasteiger partial charge < -0.3 is 16.2 Å². The lowest BCUT2D eigenvalue weighted by Gasteiger charge is -2.14. The van der Waals surface area contributed by atoms with Gasteiger partial charge in [0.05, 0.1) is 24.3 Å². The van der Waals surface area contributed by atoms with Gasteiger partial charge in [0.1, 0.15) is 11.6 Å². The van der Waals surface area contributed by atoms with Crippen LogP contribution in [-0.4, -0.2) is 19.0 Å². The van der Waals surface area contributed by atoms with Crippen molar-refractivity contribution in [2.75, 3.05) is 7.11 Å². The van der Waals surface area contributed by atoms with Crippen molar-refractivity contribution in [1.29, 1.82) is 5.26 Å². The molecule has 134 valence electrons. The molecule has 0 aliphatic heterocycles. The maximum Gasteiger partial charge on any atom is 0.280 e. The van der Waals surface area contributed by atoms with E-state index in [1.54, 1.807) is 30.3 Å². The summed E-state index contributed by atoms with van der Waals surface area (Å²) in [5.41, 5.74) is 11.5. The zero-order valence-corrected chi connectivity index (χ0v) is 14.4. The summed E-state index contributed by atoms with van der Waals surface area (Å²) in [6, 6.07) is 14.6. The van der Waals surface area contributed by atoms with Crippen LogP contribution in [0.15, 0.2) is 53.5 Å². The first-order valence-electron chi connectivity index (χ1n) is 7.90. The third-order valence-electron chi connectivity index (χ3n) is 4.06. The molecular weight excluding hydrogens is 347 g/mol. The molecule has 6 nitrogen and oxygen atoms in total. The SMILES string of the molecule is COc1cccc(F)c1-c1c(C#N)ccc2ccc(C(=O)N=C(N)N)cc12. The highest BCUT2D eigenvalue weighted by molar-refractivity contribution is 6.07. The Bertz CT molecular complexity index is 1130. The summed E-state index contributed by atoms with van der Waals surface area (Å²) in [7, 11) is 1.42. The predicted octanol–water partition coefficient (Wildman–Crippen LogP) is 2.94. The Balaban J connectivity index is 2.39. The number of benzene rings is 3. The normalized spacial score (nSPS) is 10.3. The van der Waals surface area contributed by atoms with Gasteiger partial charge in [-0.05, 0) is 41.1 Å². The number of amides is 1. The summed E-state index contributed by atoms with van der Waals surface area (Å²) in [6.07, 6.45) is 0. The number of nitrogens with two attached hydrogens (primary N) is 2. The summed E-state index contributed by atoms with van der Waals surface area (Å²) >= 11 is 0. The van der Waals surface area contributed by atoms with Crippen LogP contribution in [0.5, 0.6) is 5.75 Å². The van der Waals surface area contributed by atoms with Crippen molar-refractivity contribution < 1.29 is 13.9 Å². The molecule has 3 aromatic carbocycles. The molecule has 0 spiro atoms. The van der Waals surface area contributed by atoms with Gasteiger partial charge >= 0.3 is 0 Å². The van der Waals surface area contributed by atoms with Crippen LogP contribution in [0.1, 0.15) is 15.9 Å². The number of aliphatic imine (C=N–C) groups is 1. The van der Waals surface area contributed by atoms with Crippen molar-refractivity contribution in [2.24, 2.45) is 16.5 Å². The quantitative estimate of drug-likeness (QED) is 0.549. The van der Waals surface area contributed by atoms with Gasteiger partial charge in [0.15, 0.2) is 5.96 Å². The van der Waals surface area contributed by atoms with Crippen LogP contribution < -0.4 is 16.2 Å². The van der Waals surface area contributed by atoms with Crippen molar-refractivity contribution in [1.82, 2.24) is 0 Å². The Morgan fingerprint density at radius 2 is 1.89 bits per heavy atom. The van der Waals surface area contributed by atoms with Gasteiger partial charge in [-0.3, -0.25) is 4.79 Å². The smallest absolute Gasteiger partial charge is 0.280 e. The Morgan fingerprint density at radius 3 is 2.56 bits per heavy atom. The lowest BCUT2D eigenvalue weighted by atomic mass is 9.91. The number of ether oxygens (including phenoxy) is 1. The Kier molecular flexibility index (Phi) is 4.73. The minimum absolute atomic E-state index is 0.147. The maximum atomic E-state index is 14.7. The van der Waals surface area contributed by atoms with Gasteiger partial charge in [0, 0.05) is 11.1 Å². The van der Waals surface area contributed by atoms with E-state index in [4.69, 9.17) is 16.2 Å². The second-order valence-corrected chi connectivity index (χ2v) is 5.69. The standard InChI is InChI=1S/C20H15FN4O2/c1-27-16-4-2-3-15(21)18(16)17-13(10-22)8-6-11-5-7-12(9-14(11)17)19(26)25-20(23)24/h2-9H,1H3,(H4,23,24,25,26). The Hall–Kier alpha value is -3.92. The first-order chi connectivity index (χ1) is 13.0. The zero-order valence-electron chi connectivity index (χ0n) is 14.4. The van der Waals surface area contributed by atoms with E-state index in [0.29, 0.717) is 10.9 Å². The van der Waals surface area contributed by atoms with Gasteiger partial charge in [-0.25, -0.2) is 4.39 Å². The Labute approximate surface area is 154 Å². The van der Waals surface area contributed by atoms with Crippen LogP contribution >= 0.6 is 0 Å². The largest absolute Gasteiger partial charge is 0.496 e. The summed E-state index contributed by atoms with van der Waals surface area (Å²) in [5, 5.41) is 10.8. The maximum absolute atomic E-state index is 14.7. The molecular formula is C20H15FN4O2. The highest BCUT2D eigenvalue weighted by atomic mass is 19.1. The molecule has 0 unspecified atom stereocenters. The third-order valence-corrected chi connectivity index (χ3v) is 4.06. The molecule has 27 heavy (non-hydrogen) atoms. The minimum atomic E-state index is -0.634. The van der Waals surface area contributed by atoms with Crippen LogP contribution in [0.3, 0.4) is 0 Å². The topological polar surface area (TPSA) is 114 Å². The van der Waals surface area contributed by atoms with E-state index in [1.807, 2.05) is 0 Å². The van der Waals surface area contributed by atoms with E-state index in [9.17, 15) is 14.4 Å². The molecule has 1 amide bonds. The average molecular weight is 362 g/mol. The lowest BCUT2D eigenvalue weighted by molar-refractivity contribution is 0.100. The molecule has 0 aromatic heterocycles. The monoisotopic (exact) mass is 362 g/mol. The second kappa shape index (κ2) is 7.14. The fraction of sp³-hybridized carbons (Fsp3) is 0.0500. The van der Waals surface area contributed by atoms with E-state index >= 15 is 0 Å². The number of fused-ring (bicyclic) bond motifs is 1. The summed E-state index contributed by atoms with van der Waals surface area (Å²) in [5.74, 6) is -1.26. The van der Waals surface area contributed by atoms with Gasteiger partial charge in [-0.1, -0.05) is 18.2 Å². The molecule has 7 heteroatoms. The molecule has 0 aliphatic rings. The number of methoxy groups -OCH3 is 1. The van der Waals surface area contributed by atoms with Gasteiger partial charge in [0.2, 0.25) is 0 Å². The molecule has 0 fully saturated rings. The number of hydrogen-bond donors (Lipinski definition) is 2. The zero-order chi connectivity index (χ0) is 19.6. The summed E-state index contributed by atoms with van der Waals surface area (Å²) in [6.45, 7) is 0. The van der Waals surface area contributed by atoms with Crippen molar-refractivity contribution in [2.45, 2.75) is 0 Å². The first kappa shape index (κ1) is 17.9. The summed E-state index contributed by atoms with van der Waals surface area (Å²) in [4.78, 5) is 15.7. The van der Waals surface area contributed by atoms with E-state index in [0.717, 1.165) is 5.39 Å². The van der Waals surface area contributed by atoms with Gasteiger partial charge in [-0.15, -0.1) is 0 Å². The molecule has 0 radical (unpaired) electrons. The van der Waals surface area contributed by atoms with Crippen LogP contribution in [0.2, 0.25) is 0 Å². The van der Waals surface area contributed by atoms with Crippen LogP contribution in [0, 0.1) is 17.1 Å². The van der Waals surface area contributed by atoms with Gasteiger partial charge in [0.25, 0.3) is 5.91 Å². The molecule has 0 saturated carbocycles. The molecule has 0 heterocycles. The highest BCUT2D eigenvalue weighted by Gasteiger charge is 2.19. The average Bonchev–Trinajstić information content (AvgIpc) is 2.66. The molecule has 3 rings (SSSR count). The molecule has 0 aliphatic carbocycles. The number of carbonyl (C=O) groups is 1. The van der Waals surface area contributed by atoms with Crippen LogP contribution in [0.4, 0.5) is 4.39 Å². The number of rotatable bonds is 3. The third kappa shape index (κ3) is 3.28. The van der Waals surface area contributed by atoms with Crippen LogP contribution in [0.25, 0.3) is 21.9 Å². The molecule has 0 saturated heterocycles. The number of nitriles is 1. The van der Waals surface area contributed by atoms with E-state index in [2.05, 4.69) is 11.1 Å². The van der Waals surface area contributed by atoms with E-state index < -0.39 is 11.7 Å². The van der Waals surface area contributed by atoms with E-state index in [-0.39, 0.29) is 28.4 Å². The lowest BCUT2D eigenvalue weighted by Crippen LogP contribution is -2.24. The minimum Gasteiger partial charge on any atom is -0.496 e. The fourth-order valence-corrected chi connectivity index (χ4v) is 2.91.